The summed E-state index contributed by atoms with van der Waals surface area (Å²) in [5.41, 5.74) is 0.258. The highest BCUT2D eigenvalue weighted by Crippen LogP contribution is 2.30. The van der Waals surface area contributed by atoms with Gasteiger partial charge in [-0.2, -0.15) is 0 Å². The molecular formula is C9H9FO2. The van der Waals surface area contributed by atoms with Gasteiger partial charge >= 0.3 is 0 Å². The number of benzene rings is 1. The predicted molar refractivity (Wildman–Crippen MR) is 44.7 cm³/mol. The van der Waals surface area contributed by atoms with Crippen molar-refractivity contribution in [2.45, 2.75) is 0 Å². The topological polar surface area (TPSA) is 29.5 Å². The molecule has 0 amide bonds. The van der Waals surface area contributed by atoms with Gasteiger partial charge in [-0.1, -0.05) is 12.7 Å². The Balaban J connectivity index is 3.29. The molecule has 0 spiro atoms. The number of ether oxygens (including phenoxy) is 1. The lowest BCUT2D eigenvalue weighted by Gasteiger charge is -2.05. The van der Waals surface area contributed by atoms with Crippen LogP contribution in [0.1, 0.15) is 5.56 Å². The van der Waals surface area contributed by atoms with E-state index in [1.165, 1.54) is 25.3 Å². The van der Waals surface area contributed by atoms with Gasteiger partial charge in [-0.15, -0.1) is 0 Å². The lowest BCUT2D eigenvalue weighted by Crippen LogP contribution is -1.88. The molecule has 0 saturated heterocycles. The molecule has 0 unspecified atom stereocenters. The summed E-state index contributed by atoms with van der Waals surface area (Å²) in [6.45, 7) is 3.40. The van der Waals surface area contributed by atoms with Crippen molar-refractivity contribution in [3.63, 3.8) is 0 Å². The molecule has 0 radical (unpaired) electrons. The zero-order valence-corrected chi connectivity index (χ0v) is 6.67. The molecule has 0 bridgehead atoms. The first-order valence-electron chi connectivity index (χ1n) is 3.38. The van der Waals surface area contributed by atoms with E-state index in [1.807, 2.05) is 0 Å². The van der Waals surface area contributed by atoms with Gasteiger partial charge in [-0.05, 0) is 12.1 Å². The first-order valence-corrected chi connectivity index (χ1v) is 3.38. The van der Waals surface area contributed by atoms with Crippen LogP contribution in [-0.4, -0.2) is 12.2 Å². The maximum Gasteiger partial charge on any atom is 0.194 e. The lowest BCUT2D eigenvalue weighted by atomic mass is 10.2. The van der Waals surface area contributed by atoms with Gasteiger partial charge in [0.1, 0.15) is 0 Å². The molecule has 1 N–H and O–H groups in total. The van der Waals surface area contributed by atoms with Crippen LogP contribution in [0.5, 0.6) is 11.5 Å². The molecule has 0 aromatic heterocycles. The monoisotopic (exact) mass is 168 g/mol. The highest BCUT2D eigenvalue weighted by molar-refractivity contribution is 5.55. The van der Waals surface area contributed by atoms with E-state index in [1.54, 1.807) is 0 Å². The van der Waals surface area contributed by atoms with Gasteiger partial charge in [0.2, 0.25) is 0 Å². The SMILES string of the molecule is C=Cc1ccc(OC)c(O)c1F. The van der Waals surface area contributed by atoms with E-state index in [0.717, 1.165) is 0 Å². The van der Waals surface area contributed by atoms with Crippen LogP contribution < -0.4 is 4.74 Å². The molecule has 0 aliphatic heterocycles. The Kier molecular flexibility index (Phi) is 2.33. The maximum absolute atomic E-state index is 13.0. The Morgan fingerprint density at radius 1 is 1.58 bits per heavy atom. The lowest BCUT2D eigenvalue weighted by molar-refractivity contribution is 0.357. The number of rotatable bonds is 2. The quantitative estimate of drug-likeness (QED) is 0.733. The van der Waals surface area contributed by atoms with Crippen molar-refractivity contribution in [1.29, 1.82) is 0 Å². The molecule has 1 aromatic carbocycles. The first kappa shape index (κ1) is 8.59. The third-order valence-corrected chi connectivity index (χ3v) is 1.55. The molecule has 12 heavy (non-hydrogen) atoms. The Bertz CT molecular complexity index is 308. The van der Waals surface area contributed by atoms with E-state index in [4.69, 9.17) is 9.84 Å². The normalized spacial score (nSPS) is 9.50. The molecule has 64 valence electrons. The van der Waals surface area contributed by atoms with Crippen LogP contribution in [0.2, 0.25) is 0 Å². The van der Waals surface area contributed by atoms with Gasteiger partial charge < -0.3 is 9.84 Å². The highest BCUT2D eigenvalue weighted by atomic mass is 19.1. The molecule has 0 heterocycles. The third-order valence-electron chi connectivity index (χ3n) is 1.55. The van der Waals surface area contributed by atoms with Crippen LogP contribution in [0.3, 0.4) is 0 Å². The van der Waals surface area contributed by atoms with Crippen molar-refractivity contribution in [3.8, 4) is 11.5 Å². The fourth-order valence-corrected chi connectivity index (χ4v) is 0.885. The van der Waals surface area contributed by atoms with Crippen LogP contribution in [0.4, 0.5) is 4.39 Å². The molecular weight excluding hydrogens is 159 g/mol. The number of phenolic OH excluding ortho intramolecular Hbond substituents is 1. The van der Waals surface area contributed by atoms with Crippen LogP contribution in [-0.2, 0) is 0 Å². The number of aromatic hydroxyl groups is 1. The zero-order valence-electron chi connectivity index (χ0n) is 6.67. The second-order valence-electron chi connectivity index (χ2n) is 2.22. The van der Waals surface area contributed by atoms with E-state index in [0.29, 0.717) is 0 Å². The summed E-state index contributed by atoms with van der Waals surface area (Å²) in [4.78, 5) is 0. The smallest absolute Gasteiger partial charge is 0.194 e. The van der Waals surface area contributed by atoms with E-state index >= 15 is 0 Å². The molecule has 0 saturated carbocycles. The average Bonchev–Trinajstić information content (AvgIpc) is 2.10. The summed E-state index contributed by atoms with van der Waals surface area (Å²) >= 11 is 0. The highest BCUT2D eigenvalue weighted by Gasteiger charge is 2.10. The van der Waals surface area contributed by atoms with E-state index in [-0.39, 0.29) is 11.3 Å². The third kappa shape index (κ3) is 1.25. The van der Waals surface area contributed by atoms with Gasteiger partial charge in [0, 0.05) is 5.56 Å². The molecule has 2 nitrogen and oxygen atoms in total. The molecule has 0 fully saturated rings. The van der Waals surface area contributed by atoms with E-state index in [9.17, 15) is 4.39 Å². The van der Waals surface area contributed by atoms with Crippen LogP contribution in [0.25, 0.3) is 6.08 Å². The second-order valence-corrected chi connectivity index (χ2v) is 2.22. The fraction of sp³-hybridized carbons (Fsp3) is 0.111. The Morgan fingerprint density at radius 2 is 2.25 bits per heavy atom. The minimum absolute atomic E-state index is 0.123. The van der Waals surface area contributed by atoms with Gasteiger partial charge in [0.25, 0.3) is 0 Å². The Hall–Kier alpha value is -1.51. The standard InChI is InChI=1S/C9H9FO2/c1-3-6-4-5-7(12-2)9(11)8(6)10/h3-5,11H,1H2,2H3. The number of halogens is 1. The molecule has 0 atom stereocenters. The fourth-order valence-electron chi connectivity index (χ4n) is 0.885. The summed E-state index contributed by atoms with van der Waals surface area (Å²) in [7, 11) is 1.36. The van der Waals surface area contributed by atoms with Gasteiger partial charge in [-0.25, -0.2) is 4.39 Å². The van der Waals surface area contributed by atoms with E-state index in [2.05, 4.69) is 6.58 Å². The van der Waals surface area contributed by atoms with Crippen LogP contribution in [0.15, 0.2) is 18.7 Å². The largest absolute Gasteiger partial charge is 0.502 e. The molecule has 1 aromatic rings. The van der Waals surface area contributed by atoms with Crippen LogP contribution >= 0.6 is 0 Å². The summed E-state index contributed by atoms with van der Waals surface area (Å²) in [5, 5.41) is 9.16. The van der Waals surface area contributed by atoms with Crippen molar-refractivity contribution in [2.75, 3.05) is 7.11 Å². The van der Waals surface area contributed by atoms with E-state index < -0.39 is 11.6 Å². The number of methoxy groups -OCH3 is 1. The predicted octanol–water partition coefficient (Wildman–Crippen LogP) is 2.18. The van der Waals surface area contributed by atoms with Crippen molar-refractivity contribution >= 4 is 6.08 Å². The summed E-state index contributed by atoms with van der Waals surface area (Å²) in [6, 6.07) is 2.97. The van der Waals surface area contributed by atoms with Crippen molar-refractivity contribution in [1.82, 2.24) is 0 Å². The van der Waals surface area contributed by atoms with Crippen molar-refractivity contribution in [2.24, 2.45) is 0 Å². The van der Waals surface area contributed by atoms with Crippen molar-refractivity contribution in [3.05, 3.63) is 30.1 Å². The summed E-state index contributed by atoms with van der Waals surface area (Å²) in [5.74, 6) is -1.06. The van der Waals surface area contributed by atoms with Crippen molar-refractivity contribution < 1.29 is 14.2 Å². The molecule has 0 aliphatic rings. The Morgan fingerprint density at radius 3 is 2.75 bits per heavy atom. The summed E-state index contributed by atoms with van der Waals surface area (Å²) in [6.07, 6.45) is 1.33. The zero-order chi connectivity index (χ0) is 9.14. The maximum atomic E-state index is 13.0. The van der Waals surface area contributed by atoms with Gasteiger partial charge in [-0.3, -0.25) is 0 Å². The second kappa shape index (κ2) is 3.26. The molecule has 1 rings (SSSR count). The number of phenols is 1. The van der Waals surface area contributed by atoms with Gasteiger partial charge in [0.15, 0.2) is 17.3 Å². The number of hydrogen-bond acceptors (Lipinski definition) is 2. The molecule has 0 aliphatic carbocycles. The summed E-state index contributed by atoms with van der Waals surface area (Å²) < 4.78 is 17.7. The molecule has 3 heteroatoms. The Labute approximate surface area is 69.9 Å². The first-order chi connectivity index (χ1) is 5.70. The van der Waals surface area contributed by atoms with Crippen LogP contribution in [0, 0.1) is 5.82 Å². The minimum Gasteiger partial charge on any atom is -0.502 e. The average molecular weight is 168 g/mol. The van der Waals surface area contributed by atoms with Gasteiger partial charge in [0.05, 0.1) is 7.11 Å². The number of hydrogen-bond donors (Lipinski definition) is 1. The minimum atomic E-state index is -0.704.